The van der Waals surface area contributed by atoms with Gasteiger partial charge in [0.1, 0.15) is 6.29 Å². The molecule has 27 heavy (non-hydrogen) atoms. The van der Waals surface area contributed by atoms with Crippen molar-refractivity contribution >= 4 is 25.8 Å². The van der Waals surface area contributed by atoms with E-state index in [1.165, 1.54) is 7.11 Å². The van der Waals surface area contributed by atoms with Crippen molar-refractivity contribution in [2.45, 2.75) is 75.2 Å². The Labute approximate surface area is 167 Å². The lowest BCUT2D eigenvalue weighted by atomic mass is 9.49. The first-order valence-electron chi connectivity index (χ1n) is 10.2. The Kier molecular flexibility index (Phi) is 8.99. The first kappa shape index (κ1) is 25.9. The van der Waals surface area contributed by atoms with Crippen LogP contribution in [0.4, 0.5) is 0 Å². The van der Waals surface area contributed by atoms with Crippen molar-refractivity contribution in [3.8, 4) is 0 Å². The SMILES string of the molecule is BC(=O)C(C)(C(C)C)C(C(C)C(C)C)C(C)(C=O)CCC(C)(C)C(=O)OC. The minimum Gasteiger partial charge on any atom is -0.469 e. The fourth-order valence-electron chi connectivity index (χ4n) is 4.45. The number of aldehydes is 1. The van der Waals surface area contributed by atoms with Gasteiger partial charge in [0.05, 0.1) is 18.2 Å². The van der Waals surface area contributed by atoms with Crippen LogP contribution in [0.3, 0.4) is 0 Å². The number of rotatable bonds is 11. The summed E-state index contributed by atoms with van der Waals surface area (Å²) >= 11 is 0. The summed E-state index contributed by atoms with van der Waals surface area (Å²) in [5.74, 6) is 0.225. The third-order valence-electron chi connectivity index (χ3n) is 7.19. The Bertz CT molecular complexity index is 540. The fourth-order valence-corrected chi connectivity index (χ4v) is 4.45. The van der Waals surface area contributed by atoms with Crippen molar-refractivity contribution in [3.05, 3.63) is 0 Å². The van der Waals surface area contributed by atoms with Crippen molar-refractivity contribution in [2.75, 3.05) is 7.11 Å². The van der Waals surface area contributed by atoms with E-state index in [0.717, 1.165) is 6.29 Å². The highest BCUT2D eigenvalue weighted by Gasteiger charge is 2.53. The van der Waals surface area contributed by atoms with Crippen molar-refractivity contribution in [1.29, 1.82) is 0 Å². The zero-order chi connectivity index (χ0) is 21.8. The van der Waals surface area contributed by atoms with Crippen LogP contribution >= 0.6 is 0 Å². The van der Waals surface area contributed by atoms with Crippen molar-refractivity contribution in [2.24, 2.45) is 39.9 Å². The zero-order valence-corrected chi connectivity index (χ0v) is 19.4. The number of esters is 1. The highest BCUT2D eigenvalue weighted by Crippen LogP contribution is 2.53. The molecule has 4 nitrogen and oxygen atoms in total. The Morgan fingerprint density at radius 2 is 1.48 bits per heavy atom. The van der Waals surface area contributed by atoms with Gasteiger partial charge in [-0.15, -0.1) is 0 Å². The summed E-state index contributed by atoms with van der Waals surface area (Å²) in [5.41, 5.74) is -1.88. The van der Waals surface area contributed by atoms with E-state index in [1.54, 1.807) is 7.85 Å². The third kappa shape index (κ3) is 5.45. The molecule has 0 saturated carbocycles. The van der Waals surface area contributed by atoms with Crippen LogP contribution in [-0.2, 0) is 19.1 Å². The lowest BCUT2D eigenvalue weighted by Gasteiger charge is -2.51. The zero-order valence-electron chi connectivity index (χ0n) is 19.4. The van der Waals surface area contributed by atoms with Gasteiger partial charge in [-0.05, 0) is 50.4 Å². The average molecular weight is 380 g/mol. The van der Waals surface area contributed by atoms with Gasteiger partial charge in [-0.1, -0.05) is 48.5 Å². The highest BCUT2D eigenvalue weighted by atomic mass is 16.5. The van der Waals surface area contributed by atoms with Gasteiger partial charge in [0, 0.05) is 10.8 Å². The molecule has 0 aromatic rings. The van der Waals surface area contributed by atoms with E-state index in [4.69, 9.17) is 4.74 Å². The predicted octanol–water partition coefficient (Wildman–Crippen LogP) is 3.90. The largest absolute Gasteiger partial charge is 0.469 e. The van der Waals surface area contributed by atoms with E-state index in [0.29, 0.717) is 18.8 Å². The molecule has 0 aliphatic heterocycles. The van der Waals surface area contributed by atoms with Gasteiger partial charge in [-0.25, -0.2) is 0 Å². The molecule has 0 N–H and O–H groups in total. The second kappa shape index (κ2) is 9.38. The van der Waals surface area contributed by atoms with Gasteiger partial charge in [-0.3, -0.25) is 4.79 Å². The molecule has 0 saturated heterocycles. The number of hydrogen-bond donors (Lipinski definition) is 0. The molecular formula is C22H41BO4. The topological polar surface area (TPSA) is 60.4 Å². The van der Waals surface area contributed by atoms with E-state index in [2.05, 4.69) is 34.6 Å². The van der Waals surface area contributed by atoms with E-state index >= 15 is 0 Å². The molecular weight excluding hydrogens is 339 g/mol. The maximum atomic E-state index is 12.8. The summed E-state index contributed by atoms with van der Waals surface area (Å²) in [4.78, 5) is 37.3. The summed E-state index contributed by atoms with van der Waals surface area (Å²) in [5, 5.41) is 0. The minimum atomic E-state index is -0.709. The maximum absolute atomic E-state index is 12.8. The van der Waals surface area contributed by atoms with Crippen LogP contribution in [0.25, 0.3) is 0 Å². The summed E-state index contributed by atoms with van der Waals surface area (Å²) in [6, 6.07) is 0. The van der Waals surface area contributed by atoms with Gasteiger partial charge >= 0.3 is 5.97 Å². The molecule has 5 heteroatoms. The van der Waals surface area contributed by atoms with Gasteiger partial charge in [0.15, 0.2) is 7.85 Å². The Morgan fingerprint density at radius 3 is 1.78 bits per heavy atom. The molecule has 0 aromatic carbocycles. The second-order valence-electron chi connectivity index (χ2n) is 10.1. The molecule has 0 rings (SSSR count). The number of ether oxygens (including phenoxy) is 1. The Morgan fingerprint density at radius 1 is 1.00 bits per heavy atom. The number of carbonyl (C=O) groups is 3. The molecule has 0 aromatic heterocycles. The van der Waals surface area contributed by atoms with Crippen LogP contribution < -0.4 is 0 Å². The summed E-state index contributed by atoms with van der Waals surface area (Å²) in [7, 11) is 3.03. The maximum Gasteiger partial charge on any atom is 0.311 e. The Hall–Kier alpha value is -1.13. The van der Waals surface area contributed by atoms with Gasteiger partial charge < -0.3 is 14.3 Å². The van der Waals surface area contributed by atoms with Gasteiger partial charge in [0.2, 0.25) is 0 Å². The molecule has 4 unspecified atom stereocenters. The van der Waals surface area contributed by atoms with Crippen LogP contribution in [0.2, 0.25) is 0 Å². The summed E-state index contributed by atoms with van der Waals surface area (Å²) < 4.78 is 4.92. The second-order valence-corrected chi connectivity index (χ2v) is 10.1. The van der Waals surface area contributed by atoms with E-state index in [9.17, 15) is 14.4 Å². The fraction of sp³-hybridized carbons (Fsp3) is 0.864. The van der Waals surface area contributed by atoms with Crippen LogP contribution in [0, 0.1) is 39.9 Å². The van der Waals surface area contributed by atoms with Crippen LogP contribution in [-0.4, -0.2) is 32.9 Å². The number of carbonyl (C=O) groups excluding carboxylic acids is 3. The van der Waals surface area contributed by atoms with E-state index in [-0.39, 0.29) is 29.4 Å². The van der Waals surface area contributed by atoms with Crippen molar-refractivity contribution in [1.82, 2.24) is 0 Å². The third-order valence-corrected chi connectivity index (χ3v) is 7.19. The lowest BCUT2D eigenvalue weighted by molar-refractivity contribution is -0.153. The Balaban J connectivity index is 6.22. The van der Waals surface area contributed by atoms with Crippen molar-refractivity contribution < 1.29 is 19.1 Å². The normalized spacial score (nSPS) is 19.1. The van der Waals surface area contributed by atoms with E-state index < -0.39 is 16.2 Å². The molecule has 0 bridgehead atoms. The van der Waals surface area contributed by atoms with E-state index in [1.807, 2.05) is 27.7 Å². The number of hydrogen-bond acceptors (Lipinski definition) is 4. The molecule has 0 radical (unpaired) electrons. The first-order valence-corrected chi connectivity index (χ1v) is 10.2. The lowest BCUT2D eigenvalue weighted by Crippen LogP contribution is -2.52. The van der Waals surface area contributed by atoms with Gasteiger partial charge in [-0.2, -0.15) is 0 Å². The molecule has 156 valence electrons. The standard InChI is InChI=1S/C22H41BO4/c1-14(2)16(5)17(22(9,15(3)4)18(23)25)21(8,13-24)12-11-20(6,7)19(26)27-10/h13-17H,11-12,23H2,1-10H3. The monoisotopic (exact) mass is 380 g/mol. The molecule has 0 amide bonds. The molecule has 0 fully saturated rings. The molecule has 0 aliphatic rings. The molecule has 0 heterocycles. The van der Waals surface area contributed by atoms with Crippen LogP contribution in [0.1, 0.15) is 75.2 Å². The molecule has 0 spiro atoms. The molecule has 4 atom stereocenters. The smallest absolute Gasteiger partial charge is 0.311 e. The predicted molar refractivity (Wildman–Crippen MR) is 113 cm³/mol. The van der Waals surface area contributed by atoms with Gasteiger partial charge in [0.25, 0.3) is 0 Å². The first-order chi connectivity index (χ1) is 12.1. The average Bonchev–Trinajstić information content (AvgIpc) is 2.58. The van der Waals surface area contributed by atoms with Crippen molar-refractivity contribution in [3.63, 3.8) is 0 Å². The molecule has 0 aliphatic carbocycles. The minimum absolute atomic E-state index is 0.106. The summed E-state index contributed by atoms with van der Waals surface area (Å²) in [6.45, 7) is 18.2. The quantitative estimate of drug-likeness (QED) is 0.310. The number of methoxy groups -OCH3 is 1. The van der Waals surface area contributed by atoms with Crippen LogP contribution in [0.15, 0.2) is 0 Å². The van der Waals surface area contributed by atoms with Crippen LogP contribution in [0.5, 0.6) is 0 Å². The summed E-state index contributed by atoms with van der Waals surface area (Å²) in [6.07, 6.45) is 2.09. The highest BCUT2D eigenvalue weighted by molar-refractivity contribution is 6.59.